The topological polar surface area (TPSA) is 40.6 Å². The first-order valence-electron chi connectivity index (χ1n) is 18.1. The molecular formula is C48H34N2O2P2. The van der Waals surface area contributed by atoms with E-state index in [1.807, 2.05) is 133 Å². The van der Waals surface area contributed by atoms with Crippen LogP contribution in [0.1, 0.15) is 0 Å². The molecule has 2 aliphatic heterocycles. The summed E-state index contributed by atoms with van der Waals surface area (Å²) in [4.78, 5) is 4.41. The fourth-order valence-electron chi connectivity index (χ4n) is 8.26. The van der Waals surface area contributed by atoms with Crippen molar-refractivity contribution in [3.8, 4) is 11.1 Å². The van der Waals surface area contributed by atoms with Crippen LogP contribution in [0, 0.1) is 0 Å². The molecule has 0 amide bonds. The molecule has 0 saturated heterocycles. The Balaban J connectivity index is 1.05. The van der Waals surface area contributed by atoms with Crippen LogP contribution in [-0.4, -0.2) is 0 Å². The smallest absolute Gasteiger partial charge is 0.172 e. The van der Waals surface area contributed by atoms with Crippen molar-refractivity contribution in [2.24, 2.45) is 0 Å². The number of nitrogens with zero attached hydrogens (tertiary/aromatic N) is 2. The van der Waals surface area contributed by atoms with Gasteiger partial charge in [-0.3, -0.25) is 0 Å². The van der Waals surface area contributed by atoms with Gasteiger partial charge in [0.05, 0.1) is 0 Å². The molecule has 0 aliphatic carbocycles. The van der Waals surface area contributed by atoms with E-state index < -0.39 is 14.3 Å². The summed E-state index contributed by atoms with van der Waals surface area (Å²) in [5.74, 6) is 0. The molecule has 258 valence electrons. The van der Waals surface area contributed by atoms with E-state index in [-0.39, 0.29) is 0 Å². The average Bonchev–Trinajstić information content (AvgIpc) is 3.67. The van der Waals surface area contributed by atoms with Crippen LogP contribution >= 0.6 is 14.3 Å². The van der Waals surface area contributed by atoms with Crippen molar-refractivity contribution in [1.29, 1.82) is 0 Å². The minimum Gasteiger partial charge on any atom is -0.311 e. The average molecular weight is 733 g/mol. The lowest BCUT2D eigenvalue weighted by molar-refractivity contribution is 0.592. The zero-order valence-electron chi connectivity index (χ0n) is 29.2. The van der Waals surface area contributed by atoms with Crippen molar-refractivity contribution < 1.29 is 9.13 Å². The van der Waals surface area contributed by atoms with Gasteiger partial charge >= 0.3 is 0 Å². The minimum absolute atomic E-state index is 0.768. The van der Waals surface area contributed by atoms with E-state index in [9.17, 15) is 0 Å². The SMILES string of the molecule is O=P1(c2ccc(N(c3ccccc3)c3ccccc3)cc2)c2cccc3c2-c2c1cccc2P3(=O)c1ccc(N(c2ccccc2)c2ccccc2)cc1. The van der Waals surface area contributed by atoms with Crippen LogP contribution in [0.15, 0.2) is 206 Å². The van der Waals surface area contributed by atoms with Crippen LogP contribution in [0.4, 0.5) is 34.1 Å². The lowest BCUT2D eigenvalue weighted by atomic mass is 10.1. The predicted octanol–water partition coefficient (Wildman–Crippen LogP) is 10.2. The summed E-state index contributed by atoms with van der Waals surface area (Å²) in [6.07, 6.45) is 0. The third-order valence-electron chi connectivity index (χ3n) is 10.6. The summed E-state index contributed by atoms with van der Waals surface area (Å²) < 4.78 is 31.4. The zero-order valence-corrected chi connectivity index (χ0v) is 31.0. The molecule has 8 aromatic rings. The van der Waals surface area contributed by atoms with Crippen molar-refractivity contribution in [3.63, 3.8) is 0 Å². The largest absolute Gasteiger partial charge is 0.311 e. The molecule has 0 fully saturated rings. The first-order chi connectivity index (χ1) is 26.6. The van der Waals surface area contributed by atoms with E-state index in [2.05, 4.69) is 82.6 Å². The molecule has 0 bridgehead atoms. The van der Waals surface area contributed by atoms with Gasteiger partial charge in [-0.05, 0) is 97.1 Å². The maximum atomic E-state index is 15.7. The normalized spacial score (nSPS) is 14.0. The monoisotopic (exact) mass is 732 g/mol. The first kappa shape index (κ1) is 32.5. The molecule has 0 spiro atoms. The third-order valence-corrected chi connectivity index (χ3v) is 16.9. The maximum Gasteiger partial charge on any atom is 0.172 e. The predicted molar refractivity (Wildman–Crippen MR) is 227 cm³/mol. The Bertz CT molecular complexity index is 2430. The molecule has 0 atom stereocenters. The van der Waals surface area contributed by atoms with Gasteiger partial charge in [0.15, 0.2) is 14.3 Å². The molecule has 6 heteroatoms. The Kier molecular flexibility index (Phi) is 7.66. The molecular weight excluding hydrogens is 698 g/mol. The molecule has 0 aromatic heterocycles. The molecule has 54 heavy (non-hydrogen) atoms. The van der Waals surface area contributed by atoms with E-state index >= 15 is 9.13 Å². The van der Waals surface area contributed by atoms with Crippen molar-refractivity contribution in [1.82, 2.24) is 0 Å². The van der Waals surface area contributed by atoms with Crippen molar-refractivity contribution in [2.45, 2.75) is 0 Å². The van der Waals surface area contributed by atoms with Gasteiger partial charge in [-0.25, -0.2) is 0 Å². The van der Waals surface area contributed by atoms with Gasteiger partial charge in [0.1, 0.15) is 0 Å². The number of rotatable bonds is 8. The summed E-state index contributed by atoms with van der Waals surface area (Å²) in [5, 5.41) is 4.62. The Morgan fingerprint density at radius 3 is 0.759 bits per heavy atom. The highest BCUT2D eigenvalue weighted by molar-refractivity contribution is 7.89. The van der Waals surface area contributed by atoms with E-state index in [4.69, 9.17) is 0 Å². The molecule has 0 saturated carbocycles. The van der Waals surface area contributed by atoms with Gasteiger partial charge in [-0.2, -0.15) is 0 Å². The molecule has 0 N–H and O–H groups in total. The Morgan fingerprint density at radius 1 is 0.259 bits per heavy atom. The second kappa shape index (κ2) is 12.7. The van der Waals surface area contributed by atoms with Crippen molar-refractivity contribution in [2.75, 3.05) is 9.80 Å². The number of hydrogen-bond acceptors (Lipinski definition) is 4. The molecule has 2 heterocycles. The van der Waals surface area contributed by atoms with E-state index in [0.29, 0.717) is 0 Å². The second-order valence-corrected chi connectivity index (χ2v) is 19.0. The van der Waals surface area contributed by atoms with Crippen LogP contribution in [0.5, 0.6) is 0 Å². The van der Waals surface area contributed by atoms with E-state index in [1.54, 1.807) is 0 Å². The van der Waals surface area contributed by atoms with Crippen LogP contribution in [0.2, 0.25) is 0 Å². The lowest BCUT2D eigenvalue weighted by Crippen LogP contribution is -2.28. The van der Waals surface area contributed by atoms with Gasteiger partial charge in [0.2, 0.25) is 0 Å². The minimum atomic E-state index is -3.27. The summed E-state index contributed by atoms with van der Waals surface area (Å²) in [5.41, 5.74) is 7.88. The third kappa shape index (κ3) is 4.85. The van der Waals surface area contributed by atoms with Gasteiger partial charge in [-0.1, -0.05) is 109 Å². The maximum absolute atomic E-state index is 15.7. The van der Waals surface area contributed by atoms with Crippen LogP contribution in [0.3, 0.4) is 0 Å². The Labute approximate surface area is 315 Å². The highest BCUT2D eigenvalue weighted by atomic mass is 31.2. The molecule has 2 aliphatic rings. The van der Waals surface area contributed by atoms with E-state index in [0.717, 1.165) is 77.1 Å². The number of hydrogen-bond donors (Lipinski definition) is 0. The molecule has 0 unspecified atom stereocenters. The Hall–Kier alpha value is -6.18. The summed E-state index contributed by atoms with van der Waals surface area (Å²) in [6, 6.07) is 69.2. The molecule has 8 aromatic carbocycles. The van der Waals surface area contributed by atoms with Gasteiger partial charge in [0.25, 0.3) is 0 Å². The van der Waals surface area contributed by atoms with Gasteiger partial charge < -0.3 is 18.9 Å². The quantitative estimate of drug-likeness (QED) is 0.146. The van der Waals surface area contributed by atoms with E-state index in [1.165, 1.54) is 0 Å². The zero-order chi connectivity index (χ0) is 36.3. The van der Waals surface area contributed by atoms with Gasteiger partial charge in [0, 0.05) is 77.1 Å². The molecule has 0 radical (unpaired) electrons. The standard InChI is InChI=1S/C48H34N2O2P2/c51-53(41-31-27-39(28-32-41)49(35-15-5-1-6-16-35)36-17-7-2-8-18-36)43-23-13-25-45-47(43)48-44(53)24-14-26-46(48)54(45,52)42-33-29-40(30-34-42)50(37-19-9-3-10-20-37)38-21-11-4-12-22-38/h1-34H. The fraction of sp³-hybridized carbons (Fsp3) is 0. The summed E-state index contributed by atoms with van der Waals surface area (Å²) in [7, 11) is -6.53. The Morgan fingerprint density at radius 2 is 0.500 bits per heavy atom. The summed E-state index contributed by atoms with van der Waals surface area (Å²) >= 11 is 0. The van der Waals surface area contributed by atoms with Crippen molar-refractivity contribution >= 4 is 80.2 Å². The number of para-hydroxylation sites is 4. The van der Waals surface area contributed by atoms with Crippen LogP contribution in [-0.2, 0) is 9.13 Å². The second-order valence-electron chi connectivity index (χ2n) is 13.6. The highest BCUT2D eigenvalue weighted by Crippen LogP contribution is 2.60. The summed E-state index contributed by atoms with van der Waals surface area (Å²) in [6.45, 7) is 0. The highest BCUT2D eigenvalue weighted by Gasteiger charge is 2.51. The van der Waals surface area contributed by atoms with Crippen LogP contribution < -0.4 is 41.6 Å². The number of benzene rings is 8. The fourth-order valence-corrected chi connectivity index (χ4v) is 14.6. The number of anilines is 6. The first-order valence-corrected chi connectivity index (χ1v) is 21.5. The molecule has 4 nitrogen and oxygen atoms in total. The van der Waals surface area contributed by atoms with Crippen molar-refractivity contribution in [3.05, 3.63) is 206 Å². The lowest BCUT2D eigenvalue weighted by Gasteiger charge is -2.27. The molecule has 10 rings (SSSR count). The van der Waals surface area contributed by atoms with Gasteiger partial charge in [-0.15, -0.1) is 0 Å². The van der Waals surface area contributed by atoms with Crippen LogP contribution in [0.25, 0.3) is 11.1 Å².